The van der Waals surface area contributed by atoms with E-state index in [2.05, 4.69) is 11.4 Å². The van der Waals surface area contributed by atoms with Gasteiger partial charge in [0.25, 0.3) is 0 Å². The van der Waals surface area contributed by atoms with Crippen molar-refractivity contribution >= 4 is 11.9 Å². The van der Waals surface area contributed by atoms with Gasteiger partial charge in [0.05, 0.1) is 26.2 Å². The summed E-state index contributed by atoms with van der Waals surface area (Å²) >= 11 is 0. The molecule has 0 radical (unpaired) electrons. The summed E-state index contributed by atoms with van der Waals surface area (Å²) in [7, 11) is 3.08. The predicted molar refractivity (Wildman–Crippen MR) is 99.7 cm³/mol. The molecule has 0 aromatic heterocycles. The number of nitriles is 1. The first kappa shape index (κ1) is 25.0. The summed E-state index contributed by atoms with van der Waals surface area (Å²) < 4.78 is 42.2. The highest BCUT2D eigenvalue weighted by atomic mass is 19.4. The molecule has 0 bridgehead atoms. The van der Waals surface area contributed by atoms with Crippen molar-refractivity contribution in [3.05, 3.63) is 23.8 Å². The molecule has 4 N–H and O–H groups in total. The van der Waals surface area contributed by atoms with E-state index in [0.717, 1.165) is 25.7 Å². The third kappa shape index (κ3) is 7.11. The van der Waals surface area contributed by atoms with E-state index >= 15 is 0 Å². The molecule has 1 aliphatic rings. The zero-order chi connectivity index (χ0) is 22.9. The van der Waals surface area contributed by atoms with Crippen molar-refractivity contribution in [1.29, 1.82) is 5.26 Å². The Balaban J connectivity index is 0.000000553. The zero-order valence-corrected chi connectivity index (χ0v) is 16.5. The summed E-state index contributed by atoms with van der Waals surface area (Å²) in [6.45, 7) is 0. The average Bonchev–Trinajstić information content (AvgIpc) is 2.71. The minimum Gasteiger partial charge on any atom is -0.493 e. The van der Waals surface area contributed by atoms with Crippen LogP contribution in [0.5, 0.6) is 11.5 Å². The van der Waals surface area contributed by atoms with Crippen molar-refractivity contribution in [2.45, 2.75) is 43.9 Å². The third-order valence-corrected chi connectivity index (χ3v) is 4.56. The van der Waals surface area contributed by atoms with Gasteiger partial charge in [0.2, 0.25) is 5.91 Å². The Hall–Kier alpha value is -3.00. The number of methoxy groups -OCH3 is 2. The second kappa shape index (κ2) is 11.3. The molecular weight excluding hydrogens is 407 g/mol. The summed E-state index contributed by atoms with van der Waals surface area (Å²) in [6.07, 6.45) is -1.40. The number of alkyl halides is 3. The molecular formula is C19H24F3N3O5. The van der Waals surface area contributed by atoms with Crippen LogP contribution in [0.25, 0.3) is 0 Å². The number of nitrogens with zero attached hydrogens (tertiary/aromatic N) is 1. The van der Waals surface area contributed by atoms with Crippen LogP contribution in [0.3, 0.4) is 0 Å². The van der Waals surface area contributed by atoms with Crippen LogP contribution in [0, 0.1) is 17.2 Å². The normalized spacial score (nSPS) is 19.4. The molecule has 1 aliphatic carbocycles. The Kier molecular flexibility index (Phi) is 9.39. The van der Waals surface area contributed by atoms with E-state index in [1.165, 1.54) is 7.11 Å². The predicted octanol–water partition coefficient (Wildman–Crippen LogP) is 2.54. The van der Waals surface area contributed by atoms with Crippen LogP contribution in [0.2, 0.25) is 0 Å². The fraction of sp³-hybridized carbons (Fsp3) is 0.526. The number of hydrogen-bond acceptors (Lipinski definition) is 6. The number of halogens is 3. The lowest BCUT2D eigenvalue weighted by molar-refractivity contribution is -0.192. The van der Waals surface area contributed by atoms with Gasteiger partial charge in [0, 0.05) is 6.04 Å². The van der Waals surface area contributed by atoms with E-state index in [9.17, 15) is 23.2 Å². The van der Waals surface area contributed by atoms with Gasteiger partial charge in [-0.15, -0.1) is 0 Å². The van der Waals surface area contributed by atoms with Gasteiger partial charge in [0.1, 0.15) is 6.04 Å². The third-order valence-electron chi connectivity index (χ3n) is 4.56. The number of carbonyl (C=O) groups excluding carboxylic acids is 1. The Morgan fingerprint density at radius 2 is 1.80 bits per heavy atom. The smallest absolute Gasteiger partial charge is 0.490 e. The summed E-state index contributed by atoms with van der Waals surface area (Å²) in [5.74, 6) is -2.03. The van der Waals surface area contributed by atoms with Crippen LogP contribution in [0.15, 0.2) is 18.2 Å². The average molecular weight is 431 g/mol. The monoisotopic (exact) mass is 431 g/mol. The molecule has 166 valence electrons. The van der Waals surface area contributed by atoms with Gasteiger partial charge in [-0.05, 0) is 30.5 Å². The SMILES string of the molecule is COc1ccc(C(C#N)NC(=O)C2CCCCC2N)cc1OC.O=C(O)C(F)(F)F. The highest BCUT2D eigenvalue weighted by Gasteiger charge is 2.38. The molecule has 30 heavy (non-hydrogen) atoms. The van der Waals surface area contributed by atoms with Crippen LogP contribution in [0.4, 0.5) is 13.2 Å². The largest absolute Gasteiger partial charge is 0.493 e. The number of carboxylic acids is 1. The maximum atomic E-state index is 12.4. The first-order valence-corrected chi connectivity index (χ1v) is 9.02. The van der Waals surface area contributed by atoms with Gasteiger partial charge < -0.3 is 25.6 Å². The quantitative estimate of drug-likeness (QED) is 0.652. The lowest BCUT2D eigenvalue weighted by Crippen LogP contribution is -2.44. The molecule has 1 aromatic carbocycles. The van der Waals surface area contributed by atoms with Gasteiger partial charge in [-0.2, -0.15) is 18.4 Å². The molecule has 2 rings (SSSR count). The van der Waals surface area contributed by atoms with Gasteiger partial charge in [-0.3, -0.25) is 4.79 Å². The van der Waals surface area contributed by atoms with Crippen molar-refractivity contribution in [2.24, 2.45) is 11.7 Å². The molecule has 1 amide bonds. The fourth-order valence-electron chi connectivity index (χ4n) is 2.96. The summed E-state index contributed by atoms with van der Waals surface area (Å²) in [5, 5.41) is 19.3. The van der Waals surface area contributed by atoms with E-state index in [-0.39, 0.29) is 17.9 Å². The fourth-order valence-corrected chi connectivity index (χ4v) is 2.96. The second-order valence-electron chi connectivity index (χ2n) is 6.54. The number of ether oxygens (including phenoxy) is 2. The van der Waals surface area contributed by atoms with Crippen LogP contribution in [-0.4, -0.2) is 43.4 Å². The highest BCUT2D eigenvalue weighted by molar-refractivity contribution is 5.80. The summed E-state index contributed by atoms with van der Waals surface area (Å²) in [6, 6.07) is 6.42. The molecule has 11 heteroatoms. The van der Waals surface area contributed by atoms with Gasteiger partial charge in [-0.1, -0.05) is 18.9 Å². The number of benzene rings is 1. The number of hydrogen-bond donors (Lipinski definition) is 3. The molecule has 3 unspecified atom stereocenters. The van der Waals surface area contributed by atoms with Crippen LogP contribution >= 0.6 is 0 Å². The lowest BCUT2D eigenvalue weighted by Gasteiger charge is -2.28. The lowest BCUT2D eigenvalue weighted by atomic mass is 9.84. The van der Waals surface area contributed by atoms with Crippen LogP contribution in [-0.2, 0) is 9.59 Å². The van der Waals surface area contributed by atoms with E-state index in [0.29, 0.717) is 17.1 Å². The van der Waals surface area contributed by atoms with Crippen LogP contribution in [0.1, 0.15) is 37.3 Å². The number of rotatable bonds is 5. The highest BCUT2D eigenvalue weighted by Crippen LogP contribution is 2.30. The topological polar surface area (TPSA) is 135 Å². The van der Waals surface area contributed by atoms with E-state index in [4.69, 9.17) is 25.1 Å². The van der Waals surface area contributed by atoms with Gasteiger partial charge in [0.15, 0.2) is 11.5 Å². The Bertz CT molecular complexity index is 780. The molecule has 0 aliphatic heterocycles. The first-order chi connectivity index (χ1) is 14.0. The number of aliphatic carboxylic acids is 1. The van der Waals surface area contributed by atoms with Gasteiger partial charge in [-0.25, -0.2) is 4.79 Å². The number of amides is 1. The van der Waals surface area contributed by atoms with Crippen molar-refractivity contribution in [3.63, 3.8) is 0 Å². The van der Waals surface area contributed by atoms with Gasteiger partial charge >= 0.3 is 12.1 Å². The van der Waals surface area contributed by atoms with E-state index < -0.39 is 18.2 Å². The summed E-state index contributed by atoms with van der Waals surface area (Å²) in [5.41, 5.74) is 6.69. The number of nitrogens with one attached hydrogen (secondary N) is 1. The minimum absolute atomic E-state index is 0.131. The molecule has 0 heterocycles. The first-order valence-electron chi connectivity index (χ1n) is 9.02. The maximum Gasteiger partial charge on any atom is 0.490 e. The van der Waals surface area contributed by atoms with Crippen molar-refractivity contribution in [1.82, 2.24) is 5.32 Å². The molecule has 3 atom stereocenters. The standard InChI is InChI=1S/C17H23N3O3.C2HF3O2/c1-22-15-8-7-11(9-16(15)23-2)14(10-18)20-17(21)12-5-3-4-6-13(12)19;3-2(4,5)1(6)7/h7-9,12-14H,3-6,19H2,1-2H3,(H,20,21);(H,6,7). The molecule has 1 fully saturated rings. The second-order valence-corrected chi connectivity index (χ2v) is 6.54. The molecule has 1 aromatic rings. The molecule has 0 spiro atoms. The Labute approximate surface area is 171 Å². The number of carbonyl (C=O) groups is 2. The van der Waals surface area contributed by atoms with E-state index in [1.807, 2.05) is 0 Å². The van der Waals surface area contributed by atoms with Crippen LogP contribution < -0.4 is 20.5 Å². The Morgan fingerprint density at radius 1 is 1.23 bits per heavy atom. The number of nitrogens with two attached hydrogens (primary N) is 1. The summed E-state index contributed by atoms with van der Waals surface area (Å²) in [4.78, 5) is 21.3. The van der Waals surface area contributed by atoms with E-state index in [1.54, 1.807) is 25.3 Å². The maximum absolute atomic E-state index is 12.4. The minimum atomic E-state index is -5.08. The van der Waals surface area contributed by atoms with Crippen molar-refractivity contribution in [2.75, 3.05) is 14.2 Å². The molecule has 1 saturated carbocycles. The Morgan fingerprint density at radius 3 is 2.27 bits per heavy atom. The molecule has 0 saturated heterocycles. The zero-order valence-electron chi connectivity index (χ0n) is 16.5. The van der Waals surface area contributed by atoms with Crippen molar-refractivity contribution in [3.8, 4) is 17.6 Å². The number of carboxylic acid groups (broad SMARTS) is 1. The van der Waals surface area contributed by atoms with Crippen molar-refractivity contribution < 1.29 is 37.3 Å². The molecule has 8 nitrogen and oxygen atoms in total.